The maximum absolute atomic E-state index is 12.4. The van der Waals surface area contributed by atoms with Gasteiger partial charge in [0.2, 0.25) is 0 Å². The summed E-state index contributed by atoms with van der Waals surface area (Å²) in [6.45, 7) is 6.33. The van der Waals surface area contributed by atoms with E-state index in [2.05, 4.69) is 10.3 Å². The fourth-order valence-corrected chi connectivity index (χ4v) is 2.52. The third-order valence-electron chi connectivity index (χ3n) is 3.69. The maximum Gasteiger partial charge on any atom is 0.268 e. The summed E-state index contributed by atoms with van der Waals surface area (Å²) in [6, 6.07) is 11.1. The number of aromatic amines is 1. The molecule has 0 aliphatic carbocycles. The van der Waals surface area contributed by atoms with E-state index in [1.54, 1.807) is 0 Å². The third-order valence-corrected chi connectivity index (χ3v) is 3.69. The minimum atomic E-state index is -0.193. The van der Waals surface area contributed by atoms with E-state index in [-0.39, 0.29) is 11.9 Å². The molecule has 2 N–H and O–H groups in total. The van der Waals surface area contributed by atoms with Crippen LogP contribution in [0.4, 0.5) is 0 Å². The van der Waals surface area contributed by atoms with Crippen LogP contribution in [-0.2, 0) is 0 Å². The minimum Gasteiger partial charge on any atom is -0.494 e. The van der Waals surface area contributed by atoms with E-state index >= 15 is 0 Å². The molecule has 3 rings (SSSR count). The summed E-state index contributed by atoms with van der Waals surface area (Å²) in [5.41, 5.74) is 1.39. The Labute approximate surface area is 134 Å². The lowest BCUT2D eigenvalue weighted by atomic mass is 10.2. The van der Waals surface area contributed by atoms with Crippen molar-refractivity contribution in [2.75, 3.05) is 6.61 Å². The number of aromatic nitrogens is 1. The highest BCUT2D eigenvalue weighted by molar-refractivity contribution is 5.98. The first-order valence-electron chi connectivity index (χ1n) is 7.69. The number of hydrogen-bond acceptors (Lipinski definition) is 3. The van der Waals surface area contributed by atoms with E-state index in [4.69, 9.17) is 9.15 Å². The van der Waals surface area contributed by atoms with E-state index in [9.17, 15) is 4.79 Å². The van der Waals surface area contributed by atoms with Crippen LogP contribution in [0, 0.1) is 6.92 Å². The first-order chi connectivity index (χ1) is 11.1. The first kappa shape index (κ1) is 15.2. The van der Waals surface area contributed by atoms with Crippen molar-refractivity contribution in [1.29, 1.82) is 0 Å². The van der Waals surface area contributed by atoms with Crippen molar-refractivity contribution < 1.29 is 13.9 Å². The smallest absolute Gasteiger partial charge is 0.268 e. The Bertz CT molecular complexity index is 832. The quantitative estimate of drug-likeness (QED) is 0.749. The molecule has 120 valence electrons. The van der Waals surface area contributed by atoms with Crippen LogP contribution in [0.3, 0.4) is 0 Å². The van der Waals surface area contributed by atoms with Gasteiger partial charge in [0, 0.05) is 17.0 Å². The molecule has 0 spiro atoms. The number of carbonyl (C=O) groups is 1. The van der Waals surface area contributed by atoms with Crippen LogP contribution in [0.2, 0.25) is 0 Å². The van der Waals surface area contributed by atoms with Crippen molar-refractivity contribution in [3.8, 4) is 5.75 Å². The molecule has 1 atom stereocenters. The predicted octanol–water partition coefficient (Wildman–Crippen LogP) is 3.96. The fraction of sp³-hybridized carbons (Fsp3) is 0.278. The molecule has 2 heterocycles. The Morgan fingerprint density at radius 3 is 2.83 bits per heavy atom. The van der Waals surface area contributed by atoms with Crippen LogP contribution in [0.1, 0.15) is 41.9 Å². The molecule has 0 aliphatic heterocycles. The summed E-state index contributed by atoms with van der Waals surface area (Å²) in [7, 11) is 0. The fourth-order valence-electron chi connectivity index (χ4n) is 2.52. The average molecular weight is 312 g/mol. The summed E-state index contributed by atoms with van der Waals surface area (Å²) in [4.78, 5) is 15.5. The van der Waals surface area contributed by atoms with E-state index in [1.165, 1.54) is 0 Å². The monoisotopic (exact) mass is 312 g/mol. The SMILES string of the molecule is CCOc1ccc2cc(C(=O)N[C@@H](C)c3ccc(C)o3)[nH]c2c1. The van der Waals surface area contributed by atoms with E-state index < -0.39 is 0 Å². The molecule has 0 saturated carbocycles. The Morgan fingerprint density at radius 2 is 2.13 bits per heavy atom. The van der Waals surface area contributed by atoms with Crippen LogP contribution in [0.5, 0.6) is 5.75 Å². The van der Waals surface area contributed by atoms with Crippen LogP contribution >= 0.6 is 0 Å². The normalized spacial score (nSPS) is 12.3. The lowest BCUT2D eigenvalue weighted by Gasteiger charge is -2.10. The minimum absolute atomic E-state index is 0.166. The number of furan rings is 1. The number of nitrogens with one attached hydrogen (secondary N) is 2. The molecule has 5 nitrogen and oxygen atoms in total. The zero-order chi connectivity index (χ0) is 16.4. The van der Waals surface area contributed by atoms with Crippen LogP contribution < -0.4 is 10.1 Å². The summed E-state index contributed by atoms with van der Waals surface area (Å²) in [6.07, 6.45) is 0. The zero-order valence-corrected chi connectivity index (χ0v) is 13.5. The number of H-pyrrole nitrogens is 1. The Morgan fingerprint density at radius 1 is 1.30 bits per heavy atom. The van der Waals surface area contributed by atoms with Gasteiger partial charge in [0.25, 0.3) is 5.91 Å². The lowest BCUT2D eigenvalue weighted by Crippen LogP contribution is -2.26. The van der Waals surface area contributed by atoms with Gasteiger partial charge in [-0.15, -0.1) is 0 Å². The van der Waals surface area contributed by atoms with Gasteiger partial charge in [-0.25, -0.2) is 0 Å². The molecule has 0 unspecified atom stereocenters. The molecule has 0 bridgehead atoms. The van der Waals surface area contributed by atoms with E-state index in [0.29, 0.717) is 12.3 Å². The van der Waals surface area contributed by atoms with Gasteiger partial charge >= 0.3 is 0 Å². The average Bonchev–Trinajstić information content (AvgIpc) is 3.13. The Hall–Kier alpha value is -2.69. The highest BCUT2D eigenvalue weighted by Crippen LogP contribution is 2.22. The van der Waals surface area contributed by atoms with Gasteiger partial charge in [-0.05, 0) is 51.1 Å². The molecule has 0 aliphatic rings. The zero-order valence-electron chi connectivity index (χ0n) is 13.5. The predicted molar refractivity (Wildman–Crippen MR) is 88.8 cm³/mol. The molecular formula is C18H20N2O3. The molecule has 1 aromatic carbocycles. The third kappa shape index (κ3) is 3.23. The number of aryl methyl sites for hydroxylation is 1. The summed E-state index contributed by atoms with van der Waals surface area (Å²) >= 11 is 0. The largest absolute Gasteiger partial charge is 0.494 e. The number of fused-ring (bicyclic) bond motifs is 1. The van der Waals surface area contributed by atoms with Gasteiger partial charge in [-0.1, -0.05) is 0 Å². The first-order valence-corrected chi connectivity index (χ1v) is 7.69. The lowest BCUT2D eigenvalue weighted by molar-refractivity contribution is 0.0931. The maximum atomic E-state index is 12.4. The van der Waals surface area contributed by atoms with Gasteiger partial charge in [-0.3, -0.25) is 4.79 Å². The molecule has 23 heavy (non-hydrogen) atoms. The van der Waals surface area contributed by atoms with Gasteiger partial charge in [0.15, 0.2) is 0 Å². The summed E-state index contributed by atoms with van der Waals surface area (Å²) < 4.78 is 11.0. The number of carbonyl (C=O) groups excluding carboxylic acids is 1. The molecule has 0 radical (unpaired) electrons. The molecule has 0 fully saturated rings. The molecule has 0 saturated heterocycles. The van der Waals surface area contributed by atoms with Crippen molar-refractivity contribution in [1.82, 2.24) is 10.3 Å². The summed E-state index contributed by atoms with van der Waals surface area (Å²) in [5, 5.41) is 3.90. The van der Waals surface area contributed by atoms with Crippen LogP contribution in [0.25, 0.3) is 10.9 Å². The molecular weight excluding hydrogens is 292 g/mol. The van der Waals surface area contributed by atoms with Crippen LogP contribution in [0.15, 0.2) is 40.8 Å². The van der Waals surface area contributed by atoms with Crippen molar-refractivity contribution in [3.63, 3.8) is 0 Å². The van der Waals surface area contributed by atoms with E-state index in [0.717, 1.165) is 28.2 Å². The van der Waals surface area contributed by atoms with Gasteiger partial charge < -0.3 is 19.5 Å². The Balaban J connectivity index is 1.77. The Kier molecular flexibility index (Phi) is 4.10. The molecule has 5 heteroatoms. The number of amides is 1. The highest BCUT2D eigenvalue weighted by atomic mass is 16.5. The van der Waals surface area contributed by atoms with Crippen molar-refractivity contribution in [3.05, 3.63) is 53.6 Å². The van der Waals surface area contributed by atoms with Crippen molar-refractivity contribution >= 4 is 16.8 Å². The second-order valence-electron chi connectivity index (χ2n) is 5.51. The molecule has 1 amide bonds. The number of rotatable bonds is 5. The van der Waals surface area contributed by atoms with Crippen molar-refractivity contribution in [2.45, 2.75) is 26.8 Å². The standard InChI is InChI=1S/C18H20N2O3/c1-4-22-14-7-6-13-9-16(20-15(13)10-14)18(21)19-12(3)17-8-5-11(2)23-17/h5-10,12,20H,4H2,1-3H3,(H,19,21)/t12-/m0/s1. The van der Waals surface area contributed by atoms with Gasteiger partial charge in [-0.2, -0.15) is 0 Å². The van der Waals surface area contributed by atoms with Crippen molar-refractivity contribution in [2.24, 2.45) is 0 Å². The number of hydrogen-bond donors (Lipinski definition) is 2. The topological polar surface area (TPSA) is 67.3 Å². The number of ether oxygens (including phenoxy) is 1. The molecule has 3 aromatic rings. The highest BCUT2D eigenvalue weighted by Gasteiger charge is 2.16. The second-order valence-corrected chi connectivity index (χ2v) is 5.51. The second kappa shape index (κ2) is 6.20. The number of benzene rings is 1. The van der Waals surface area contributed by atoms with Crippen LogP contribution in [-0.4, -0.2) is 17.5 Å². The van der Waals surface area contributed by atoms with Gasteiger partial charge in [0.05, 0.1) is 12.6 Å². The van der Waals surface area contributed by atoms with E-state index in [1.807, 2.05) is 57.2 Å². The molecule has 2 aromatic heterocycles. The summed E-state index contributed by atoms with van der Waals surface area (Å²) in [5.74, 6) is 2.19. The van der Waals surface area contributed by atoms with Gasteiger partial charge in [0.1, 0.15) is 23.0 Å².